The highest BCUT2D eigenvalue weighted by Crippen LogP contribution is 2.42. The Morgan fingerprint density at radius 2 is 2.15 bits per heavy atom. The molecule has 2 atom stereocenters. The van der Waals surface area contributed by atoms with Crippen LogP contribution in [0.15, 0.2) is 36.5 Å². The third-order valence-electron chi connectivity index (χ3n) is 4.71. The van der Waals surface area contributed by atoms with E-state index in [1.807, 2.05) is 12.3 Å². The molecule has 1 aromatic heterocycles. The van der Waals surface area contributed by atoms with Crippen molar-refractivity contribution in [2.45, 2.75) is 51.0 Å². The Morgan fingerprint density at radius 1 is 1.30 bits per heavy atom. The van der Waals surface area contributed by atoms with Gasteiger partial charge in [0.25, 0.3) is 0 Å². The molecule has 20 heavy (non-hydrogen) atoms. The minimum absolute atomic E-state index is 0.263. The molecule has 0 spiro atoms. The van der Waals surface area contributed by atoms with Gasteiger partial charge in [0.1, 0.15) is 0 Å². The largest absolute Gasteiger partial charge is 0.314 e. The van der Waals surface area contributed by atoms with Crippen molar-refractivity contribution in [1.29, 1.82) is 0 Å². The number of benzene rings is 1. The van der Waals surface area contributed by atoms with Gasteiger partial charge in [-0.3, -0.25) is 4.98 Å². The molecular formula is C18H24N2. The molecular weight excluding hydrogens is 244 g/mol. The number of fused-ring (bicyclic) bond motifs is 1. The van der Waals surface area contributed by atoms with Crippen LogP contribution in [0.5, 0.6) is 0 Å². The van der Waals surface area contributed by atoms with E-state index in [0.29, 0.717) is 6.04 Å². The van der Waals surface area contributed by atoms with Gasteiger partial charge in [0, 0.05) is 17.6 Å². The second-order valence-corrected chi connectivity index (χ2v) is 6.34. The predicted octanol–water partition coefficient (Wildman–Crippen LogP) is 4.04. The molecule has 1 aromatic carbocycles. The number of para-hydroxylation sites is 1. The first-order valence-electron chi connectivity index (χ1n) is 7.80. The van der Waals surface area contributed by atoms with Gasteiger partial charge in [-0.1, -0.05) is 38.1 Å². The van der Waals surface area contributed by atoms with Gasteiger partial charge in [0.05, 0.1) is 5.52 Å². The Kier molecular flexibility index (Phi) is 3.75. The summed E-state index contributed by atoms with van der Waals surface area (Å²) in [5, 5.41) is 4.94. The number of rotatable bonds is 4. The summed E-state index contributed by atoms with van der Waals surface area (Å²) in [4.78, 5) is 4.64. The van der Waals surface area contributed by atoms with Crippen LogP contribution in [0.3, 0.4) is 0 Å². The lowest BCUT2D eigenvalue weighted by Crippen LogP contribution is -2.29. The van der Waals surface area contributed by atoms with E-state index in [4.69, 9.17) is 0 Å². The average molecular weight is 268 g/mol. The smallest absolute Gasteiger partial charge is 0.0739 e. The minimum atomic E-state index is 0.263. The number of nitrogens with one attached hydrogen (secondary N) is 1. The molecule has 0 bridgehead atoms. The lowest BCUT2D eigenvalue weighted by Gasteiger charge is -2.26. The molecule has 1 aliphatic carbocycles. The summed E-state index contributed by atoms with van der Waals surface area (Å²) in [6.45, 7) is 5.77. The lowest BCUT2D eigenvalue weighted by molar-refractivity contribution is 0.455. The van der Waals surface area contributed by atoms with Crippen LogP contribution in [0.2, 0.25) is 0 Å². The fraction of sp³-hybridized carbons (Fsp3) is 0.500. The van der Waals surface area contributed by atoms with Crippen molar-refractivity contribution in [3.63, 3.8) is 0 Å². The SMILES string of the molecule is CCCNC1CCC(C)(c2cccc3cccnc23)C1. The standard InChI is InChI=1S/C18H24N2/c1-3-11-19-15-9-10-18(2,13-15)16-8-4-6-14-7-5-12-20-17(14)16/h4-8,12,15,19H,3,9-11,13H2,1-2H3. The number of nitrogens with zero attached hydrogens (tertiary/aromatic N) is 1. The van der Waals surface area contributed by atoms with E-state index in [1.165, 1.54) is 42.1 Å². The quantitative estimate of drug-likeness (QED) is 0.905. The average Bonchev–Trinajstić information content (AvgIpc) is 2.87. The van der Waals surface area contributed by atoms with Crippen molar-refractivity contribution in [3.05, 3.63) is 42.1 Å². The van der Waals surface area contributed by atoms with Crippen molar-refractivity contribution < 1.29 is 0 Å². The summed E-state index contributed by atoms with van der Waals surface area (Å²) < 4.78 is 0. The summed E-state index contributed by atoms with van der Waals surface area (Å²) >= 11 is 0. The molecule has 1 fully saturated rings. The maximum atomic E-state index is 4.64. The topological polar surface area (TPSA) is 24.9 Å². The predicted molar refractivity (Wildman–Crippen MR) is 85.0 cm³/mol. The normalized spacial score (nSPS) is 26.2. The van der Waals surface area contributed by atoms with Crippen LogP contribution in [0.25, 0.3) is 10.9 Å². The molecule has 2 heteroatoms. The van der Waals surface area contributed by atoms with Gasteiger partial charge in [-0.25, -0.2) is 0 Å². The first kappa shape index (κ1) is 13.6. The first-order valence-corrected chi connectivity index (χ1v) is 7.80. The molecule has 0 saturated heterocycles. The molecule has 1 heterocycles. The molecule has 2 aromatic rings. The van der Waals surface area contributed by atoms with Crippen molar-refractivity contribution in [2.24, 2.45) is 0 Å². The Balaban J connectivity index is 1.91. The zero-order valence-corrected chi connectivity index (χ0v) is 12.5. The maximum absolute atomic E-state index is 4.64. The van der Waals surface area contributed by atoms with Crippen LogP contribution in [-0.2, 0) is 5.41 Å². The molecule has 3 rings (SSSR count). The monoisotopic (exact) mass is 268 g/mol. The molecule has 1 N–H and O–H groups in total. The highest BCUT2D eigenvalue weighted by Gasteiger charge is 2.37. The second-order valence-electron chi connectivity index (χ2n) is 6.34. The summed E-state index contributed by atoms with van der Waals surface area (Å²) in [6, 6.07) is 11.5. The van der Waals surface area contributed by atoms with Gasteiger partial charge >= 0.3 is 0 Å². The first-order chi connectivity index (χ1) is 9.73. The Labute approximate surface area is 121 Å². The molecule has 0 radical (unpaired) electrons. The number of hydrogen-bond donors (Lipinski definition) is 1. The van der Waals surface area contributed by atoms with E-state index >= 15 is 0 Å². The molecule has 1 aliphatic rings. The highest BCUT2D eigenvalue weighted by molar-refractivity contribution is 5.82. The fourth-order valence-corrected chi connectivity index (χ4v) is 3.60. The zero-order valence-electron chi connectivity index (χ0n) is 12.5. The molecule has 0 amide bonds. The third-order valence-corrected chi connectivity index (χ3v) is 4.71. The van der Waals surface area contributed by atoms with E-state index in [0.717, 1.165) is 6.54 Å². The van der Waals surface area contributed by atoms with Gasteiger partial charge in [-0.15, -0.1) is 0 Å². The molecule has 2 nitrogen and oxygen atoms in total. The van der Waals surface area contributed by atoms with Crippen LogP contribution < -0.4 is 5.32 Å². The molecule has 2 unspecified atom stereocenters. The minimum Gasteiger partial charge on any atom is -0.314 e. The zero-order chi connectivity index (χ0) is 14.0. The third kappa shape index (κ3) is 2.45. The van der Waals surface area contributed by atoms with Gasteiger partial charge in [-0.05, 0) is 49.3 Å². The maximum Gasteiger partial charge on any atom is 0.0739 e. The van der Waals surface area contributed by atoms with Crippen molar-refractivity contribution >= 4 is 10.9 Å². The Bertz CT molecular complexity index is 587. The summed E-state index contributed by atoms with van der Waals surface area (Å²) in [5.41, 5.74) is 2.88. The lowest BCUT2D eigenvalue weighted by atomic mass is 9.79. The number of aromatic nitrogens is 1. The summed E-state index contributed by atoms with van der Waals surface area (Å²) in [5.74, 6) is 0. The van der Waals surface area contributed by atoms with Gasteiger partial charge in [-0.2, -0.15) is 0 Å². The number of pyridine rings is 1. The summed E-state index contributed by atoms with van der Waals surface area (Å²) in [6.07, 6.45) is 6.88. The van der Waals surface area contributed by atoms with E-state index < -0.39 is 0 Å². The van der Waals surface area contributed by atoms with Crippen LogP contribution in [0.4, 0.5) is 0 Å². The fourth-order valence-electron chi connectivity index (χ4n) is 3.60. The van der Waals surface area contributed by atoms with Crippen LogP contribution in [0.1, 0.15) is 45.1 Å². The highest BCUT2D eigenvalue weighted by atomic mass is 14.9. The van der Waals surface area contributed by atoms with Gasteiger partial charge in [0.2, 0.25) is 0 Å². The van der Waals surface area contributed by atoms with Crippen LogP contribution in [0, 0.1) is 0 Å². The van der Waals surface area contributed by atoms with Crippen LogP contribution in [-0.4, -0.2) is 17.6 Å². The van der Waals surface area contributed by atoms with Crippen LogP contribution >= 0.6 is 0 Å². The molecule has 106 valence electrons. The van der Waals surface area contributed by atoms with E-state index in [1.54, 1.807) is 0 Å². The summed E-state index contributed by atoms with van der Waals surface area (Å²) in [7, 11) is 0. The number of hydrogen-bond acceptors (Lipinski definition) is 2. The van der Waals surface area contributed by atoms with Crippen molar-refractivity contribution in [1.82, 2.24) is 10.3 Å². The van der Waals surface area contributed by atoms with E-state index in [9.17, 15) is 0 Å². The molecule has 0 aliphatic heterocycles. The van der Waals surface area contributed by atoms with Crippen molar-refractivity contribution in [2.75, 3.05) is 6.54 Å². The Hall–Kier alpha value is -1.41. The Morgan fingerprint density at radius 3 is 3.00 bits per heavy atom. The van der Waals surface area contributed by atoms with E-state index in [2.05, 4.69) is 48.4 Å². The van der Waals surface area contributed by atoms with Gasteiger partial charge in [0.15, 0.2) is 0 Å². The molecule has 1 saturated carbocycles. The van der Waals surface area contributed by atoms with Crippen molar-refractivity contribution in [3.8, 4) is 0 Å². The van der Waals surface area contributed by atoms with E-state index in [-0.39, 0.29) is 5.41 Å². The van der Waals surface area contributed by atoms with Gasteiger partial charge < -0.3 is 5.32 Å². The second kappa shape index (κ2) is 5.53.